The Kier molecular flexibility index (Phi) is 2.08. The maximum Gasteiger partial charge on any atom is 0.0141 e. The number of fused-ring (bicyclic) bond motifs is 1. The Morgan fingerprint density at radius 2 is 2.11 bits per heavy atom. The smallest absolute Gasteiger partial charge is 0.0141 e. The fraction of sp³-hybridized carbons (Fsp3) is 0.647. The number of likely N-dealkylation sites (N-methyl/N-ethyl adjacent to an activating group) is 1. The zero-order valence-electron chi connectivity index (χ0n) is 11.8. The van der Waals surface area contributed by atoms with Gasteiger partial charge in [-0.1, -0.05) is 19.1 Å². The summed E-state index contributed by atoms with van der Waals surface area (Å²) in [5.41, 5.74) is 7.24. The van der Waals surface area contributed by atoms with Crippen molar-refractivity contribution >= 4 is 0 Å². The lowest BCUT2D eigenvalue weighted by atomic mass is 9.61. The van der Waals surface area contributed by atoms with Crippen LogP contribution in [0.4, 0.5) is 0 Å². The highest BCUT2D eigenvalue weighted by Gasteiger charge is 2.52. The first-order valence-electron chi connectivity index (χ1n) is 7.44. The van der Waals surface area contributed by atoms with Crippen LogP contribution in [0.25, 0.3) is 0 Å². The normalized spacial score (nSPS) is 37.7. The molecule has 1 aliphatic heterocycles. The van der Waals surface area contributed by atoms with Crippen molar-refractivity contribution in [2.24, 2.45) is 5.92 Å². The third kappa shape index (κ3) is 1.17. The van der Waals surface area contributed by atoms with Crippen LogP contribution in [0, 0.1) is 12.8 Å². The molecule has 0 amide bonds. The van der Waals surface area contributed by atoms with Crippen LogP contribution in [0.5, 0.6) is 0 Å². The number of aryl methyl sites for hydroxylation is 1. The highest BCUT2D eigenvalue weighted by atomic mass is 15.1. The average molecular weight is 241 g/mol. The van der Waals surface area contributed by atoms with Crippen molar-refractivity contribution in [2.45, 2.75) is 51.0 Å². The van der Waals surface area contributed by atoms with E-state index < -0.39 is 0 Å². The minimum absolute atomic E-state index is 0.534. The van der Waals surface area contributed by atoms with Gasteiger partial charge in [-0.3, -0.25) is 0 Å². The minimum atomic E-state index is 0.534. The number of piperidine rings is 1. The van der Waals surface area contributed by atoms with Gasteiger partial charge in [-0.05, 0) is 74.4 Å². The molecule has 0 aromatic heterocycles. The molecule has 4 rings (SSSR count). The summed E-state index contributed by atoms with van der Waals surface area (Å²) in [5, 5.41) is 0. The van der Waals surface area contributed by atoms with Gasteiger partial charge in [0.1, 0.15) is 0 Å². The van der Waals surface area contributed by atoms with Gasteiger partial charge in [-0.2, -0.15) is 0 Å². The highest BCUT2D eigenvalue weighted by Crippen LogP contribution is 2.55. The van der Waals surface area contributed by atoms with Crippen molar-refractivity contribution in [3.05, 3.63) is 34.4 Å². The Labute approximate surface area is 110 Å². The summed E-state index contributed by atoms with van der Waals surface area (Å²) in [6.45, 7) is 6.10. The fourth-order valence-corrected chi connectivity index (χ4v) is 5.00. The van der Waals surface area contributed by atoms with E-state index >= 15 is 0 Å². The zero-order chi connectivity index (χ0) is 12.5. The molecule has 0 N–H and O–H groups in total. The van der Waals surface area contributed by atoms with Gasteiger partial charge in [-0.25, -0.2) is 0 Å². The van der Waals surface area contributed by atoms with Crippen molar-refractivity contribution in [1.82, 2.24) is 4.90 Å². The molecule has 1 heterocycles. The SMILES string of the molecule is Cc1ccc2c3c1CC(C)C31CCN(C)C(C2)C1. The Balaban J connectivity index is 1.97. The van der Waals surface area contributed by atoms with Gasteiger partial charge in [0, 0.05) is 11.5 Å². The lowest BCUT2D eigenvalue weighted by Gasteiger charge is -2.50. The molecule has 1 fully saturated rings. The molecule has 18 heavy (non-hydrogen) atoms. The molecule has 1 aromatic rings. The fourth-order valence-electron chi connectivity index (χ4n) is 5.00. The zero-order valence-corrected chi connectivity index (χ0v) is 11.8. The van der Waals surface area contributed by atoms with Gasteiger partial charge >= 0.3 is 0 Å². The van der Waals surface area contributed by atoms with Crippen LogP contribution < -0.4 is 0 Å². The third-order valence-electron chi connectivity index (χ3n) is 6.17. The highest BCUT2D eigenvalue weighted by molar-refractivity contribution is 5.52. The van der Waals surface area contributed by atoms with E-state index in [1.165, 1.54) is 37.8 Å². The van der Waals surface area contributed by atoms with E-state index in [2.05, 4.69) is 37.9 Å². The molecule has 1 aromatic carbocycles. The number of hydrogen-bond acceptors (Lipinski definition) is 1. The van der Waals surface area contributed by atoms with Crippen LogP contribution in [0.2, 0.25) is 0 Å². The van der Waals surface area contributed by atoms with Crippen LogP contribution >= 0.6 is 0 Å². The summed E-state index contributed by atoms with van der Waals surface area (Å²) in [5.74, 6) is 0.851. The van der Waals surface area contributed by atoms with Crippen molar-refractivity contribution < 1.29 is 0 Å². The first kappa shape index (κ1) is 11.0. The van der Waals surface area contributed by atoms with Crippen molar-refractivity contribution in [1.29, 1.82) is 0 Å². The first-order valence-corrected chi connectivity index (χ1v) is 7.44. The molecule has 3 aliphatic rings. The topological polar surface area (TPSA) is 3.24 Å². The van der Waals surface area contributed by atoms with E-state index in [0.29, 0.717) is 5.41 Å². The molecule has 0 radical (unpaired) electrons. The molecule has 96 valence electrons. The molecule has 1 saturated heterocycles. The summed E-state index contributed by atoms with van der Waals surface area (Å²) in [6, 6.07) is 5.58. The molecular formula is C17H23N. The van der Waals surface area contributed by atoms with Gasteiger partial charge in [0.05, 0.1) is 0 Å². The second kappa shape index (κ2) is 3.39. The standard InChI is InChI=1S/C17H23N/c1-11-4-5-13-9-14-10-17(6-7-18(14)3)12(2)8-15(11)16(13)17/h4-5,12,14H,6-10H2,1-3H3. The van der Waals surface area contributed by atoms with Crippen LogP contribution in [0.3, 0.4) is 0 Å². The first-order chi connectivity index (χ1) is 8.62. The van der Waals surface area contributed by atoms with E-state index in [9.17, 15) is 0 Å². The quantitative estimate of drug-likeness (QED) is 0.675. The van der Waals surface area contributed by atoms with E-state index in [1.807, 2.05) is 0 Å². The second-order valence-corrected chi connectivity index (χ2v) is 6.95. The van der Waals surface area contributed by atoms with E-state index in [0.717, 1.165) is 12.0 Å². The van der Waals surface area contributed by atoms with Crippen molar-refractivity contribution in [2.75, 3.05) is 13.6 Å². The monoisotopic (exact) mass is 241 g/mol. The van der Waals surface area contributed by atoms with E-state index in [4.69, 9.17) is 0 Å². The second-order valence-electron chi connectivity index (χ2n) is 6.95. The van der Waals surface area contributed by atoms with Crippen molar-refractivity contribution in [3.8, 4) is 0 Å². The molecular weight excluding hydrogens is 218 g/mol. The van der Waals surface area contributed by atoms with Crippen LogP contribution in [-0.2, 0) is 18.3 Å². The largest absolute Gasteiger partial charge is 0.303 e. The van der Waals surface area contributed by atoms with Gasteiger partial charge in [0.25, 0.3) is 0 Å². The summed E-state index contributed by atoms with van der Waals surface area (Å²) in [7, 11) is 2.32. The Hall–Kier alpha value is -0.820. The van der Waals surface area contributed by atoms with Gasteiger partial charge in [-0.15, -0.1) is 0 Å². The maximum absolute atomic E-state index is 2.60. The molecule has 0 saturated carbocycles. The van der Waals surface area contributed by atoms with Gasteiger partial charge < -0.3 is 4.90 Å². The minimum Gasteiger partial charge on any atom is -0.303 e. The van der Waals surface area contributed by atoms with Crippen molar-refractivity contribution in [3.63, 3.8) is 0 Å². The maximum atomic E-state index is 2.60. The molecule has 3 atom stereocenters. The summed E-state index contributed by atoms with van der Waals surface area (Å²) in [4.78, 5) is 2.60. The molecule has 2 bridgehead atoms. The number of benzene rings is 1. The average Bonchev–Trinajstić information content (AvgIpc) is 2.65. The Morgan fingerprint density at radius 1 is 1.28 bits per heavy atom. The predicted octanol–water partition coefficient (Wildman–Crippen LogP) is 3.08. The summed E-state index contributed by atoms with van der Waals surface area (Å²) in [6.07, 6.45) is 5.40. The van der Waals surface area contributed by atoms with Gasteiger partial charge in [0.2, 0.25) is 0 Å². The Bertz CT molecular complexity index is 519. The predicted molar refractivity (Wildman–Crippen MR) is 75.1 cm³/mol. The number of nitrogens with zero attached hydrogens (tertiary/aromatic N) is 1. The lowest BCUT2D eigenvalue weighted by molar-refractivity contribution is 0.0803. The Morgan fingerprint density at radius 3 is 2.94 bits per heavy atom. The van der Waals surface area contributed by atoms with E-state index in [1.54, 1.807) is 16.7 Å². The molecule has 1 heteroatoms. The van der Waals surface area contributed by atoms with Gasteiger partial charge in [0.15, 0.2) is 0 Å². The molecule has 1 spiro atoms. The summed E-state index contributed by atoms with van der Waals surface area (Å²) < 4.78 is 0. The van der Waals surface area contributed by atoms with Crippen LogP contribution in [0.1, 0.15) is 42.0 Å². The number of rotatable bonds is 0. The third-order valence-corrected chi connectivity index (χ3v) is 6.17. The summed E-state index contributed by atoms with van der Waals surface area (Å²) >= 11 is 0. The molecule has 1 nitrogen and oxygen atoms in total. The number of likely N-dealkylation sites (tertiary alicyclic amines) is 1. The van der Waals surface area contributed by atoms with E-state index in [-0.39, 0.29) is 0 Å². The van der Waals surface area contributed by atoms with Crippen LogP contribution in [-0.4, -0.2) is 24.5 Å². The van der Waals surface area contributed by atoms with Crippen LogP contribution in [0.15, 0.2) is 12.1 Å². The number of hydrogen-bond donors (Lipinski definition) is 0. The lowest BCUT2D eigenvalue weighted by Crippen LogP contribution is -2.52. The molecule has 2 aliphatic carbocycles. The molecule has 3 unspecified atom stereocenters.